The van der Waals surface area contributed by atoms with Crippen LogP contribution in [0.4, 0.5) is 0 Å². The lowest BCUT2D eigenvalue weighted by Crippen LogP contribution is -2.39. The summed E-state index contributed by atoms with van der Waals surface area (Å²) in [5, 5.41) is 8.02. The molecule has 3 N–H and O–H groups in total. The van der Waals surface area contributed by atoms with Crippen LogP contribution in [0.25, 0.3) is 10.9 Å². The van der Waals surface area contributed by atoms with E-state index in [1.165, 1.54) is 29.3 Å². The third kappa shape index (κ3) is 4.99. The fourth-order valence-electron chi connectivity index (χ4n) is 2.79. The first kappa shape index (κ1) is 16.8. The number of aromatic amines is 1. The van der Waals surface area contributed by atoms with Gasteiger partial charge in [-0.3, -0.25) is 4.99 Å². The Morgan fingerprint density at radius 1 is 1.25 bits per heavy atom. The van der Waals surface area contributed by atoms with Crippen molar-refractivity contribution < 1.29 is 4.74 Å². The van der Waals surface area contributed by atoms with Gasteiger partial charge in [-0.1, -0.05) is 18.2 Å². The molecule has 0 bridgehead atoms. The number of guanidine groups is 1. The summed E-state index contributed by atoms with van der Waals surface area (Å²) >= 11 is 0. The van der Waals surface area contributed by atoms with E-state index in [4.69, 9.17) is 4.74 Å². The highest BCUT2D eigenvalue weighted by molar-refractivity contribution is 5.83. The number of nitrogens with zero attached hydrogens (tertiary/aromatic N) is 1. The molecule has 1 aliphatic carbocycles. The number of hydrogen-bond acceptors (Lipinski definition) is 2. The Bertz CT molecular complexity index is 660. The van der Waals surface area contributed by atoms with Gasteiger partial charge in [0.1, 0.15) is 0 Å². The van der Waals surface area contributed by atoms with Gasteiger partial charge in [0.05, 0.1) is 0 Å². The molecule has 1 heterocycles. The highest BCUT2D eigenvalue weighted by Crippen LogP contribution is 2.28. The van der Waals surface area contributed by atoms with E-state index in [0.717, 1.165) is 51.0 Å². The average molecular weight is 328 g/mol. The molecule has 3 rings (SSSR count). The molecule has 0 unspecified atom stereocenters. The molecule has 130 valence electrons. The minimum Gasteiger partial charge on any atom is -0.381 e. The second kappa shape index (κ2) is 8.73. The first-order chi connectivity index (χ1) is 11.9. The Morgan fingerprint density at radius 3 is 2.92 bits per heavy atom. The van der Waals surface area contributed by atoms with E-state index in [1.807, 2.05) is 7.05 Å². The summed E-state index contributed by atoms with van der Waals surface area (Å²) in [6, 6.07) is 8.41. The average Bonchev–Trinajstić information content (AvgIpc) is 3.35. The zero-order valence-electron chi connectivity index (χ0n) is 14.5. The predicted molar refractivity (Wildman–Crippen MR) is 99.5 cm³/mol. The van der Waals surface area contributed by atoms with Gasteiger partial charge in [-0.25, -0.2) is 0 Å². The first-order valence-electron chi connectivity index (χ1n) is 8.94. The number of hydrogen-bond donors (Lipinski definition) is 3. The quantitative estimate of drug-likeness (QED) is 0.377. The number of ether oxygens (including phenoxy) is 1. The van der Waals surface area contributed by atoms with Crippen molar-refractivity contribution in [2.45, 2.75) is 25.7 Å². The van der Waals surface area contributed by atoms with Crippen LogP contribution in [0, 0.1) is 5.92 Å². The van der Waals surface area contributed by atoms with Gasteiger partial charge in [-0.05, 0) is 43.2 Å². The summed E-state index contributed by atoms with van der Waals surface area (Å²) in [5.41, 5.74) is 2.53. The standard InChI is InChI=1S/C19H28N4O/c1-20-19(21-10-4-12-24-14-15-7-8-15)22-11-9-16-13-23-18-6-3-2-5-17(16)18/h2-3,5-6,13,15,23H,4,7-12,14H2,1H3,(H2,20,21,22). The van der Waals surface area contributed by atoms with Gasteiger partial charge in [0.25, 0.3) is 0 Å². The third-order valence-corrected chi connectivity index (χ3v) is 4.39. The van der Waals surface area contributed by atoms with Crippen LogP contribution in [0.1, 0.15) is 24.8 Å². The predicted octanol–water partition coefficient (Wildman–Crippen LogP) is 2.69. The van der Waals surface area contributed by atoms with Crippen molar-refractivity contribution >= 4 is 16.9 Å². The molecule has 1 fully saturated rings. The van der Waals surface area contributed by atoms with E-state index >= 15 is 0 Å². The zero-order valence-corrected chi connectivity index (χ0v) is 14.5. The van der Waals surface area contributed by atoms with E-state index in [9.17, 15) is 0 Å². The van der Waals surface area contributed by atoms with Crippen LogP contribution in [0.15, 0.2) is 35.5 Å². The maximum Gasteiger partial charge on any atom is 0.190 e. The van der Waals surface area contributed by atoms with Crippen molar-refractivity contribution in [2.75, 3.05) is 33.4 Å². The Hall–Kier alpha value is -2.01. The number of H-pyrrole nitrogens is 1. The lowest BCUT2D eigenvalue weighted by Gasteiger charge is -2.11. The summed E-state index contributed by atoms with van der Waals surface area (Å²) in [6.45, 7) is 3.52. The molecule has 5 nitrogen and oxygen atoms in total. The Kier molecular flexibility index (Phi) is 6.13. The number of para-hydroxylation sites is 1. The monoisotopic (exact) mass is 328 g/mol. The minimum absolute atomic E-state index is 0.829. The van der Waals surface area contributed by atoms with Crippen LogP contribution in [-0.2, 0) is 11.2 Å². The van der Waals surface area contributed by atoms with Crippen molar-refractivity contribution in [3.63, 3.8) is 0 Å². The summed E-state index contributed by atoms with van der Waals surface area (Å²) in [4.78, 5) is 7.59. The van der Waals surface area contributed by atoms with Crippen molar-refractivity contribution in [1.29, 1.82) is 0 Å². The molecule has 1 aromatic carbocycles. The first-order valence-corrected chi connectivity index (χ1v) is 8.94. The smallest absolute Gasteiger partial charge is 0.190 e. The molecule has 0 aliphatic heterocycles. The zero-order chi connectivity index (χ0) is 16.6. The lowest BCUT2D eigenvalue weighted by molar-refractivity contribution is 0.123. The molecular formula is C19H28N4O. The molecule has 0 atom stereocenters. The van der Waals surface area contributed by atoms with Crippen LogP contribution >= 0.6 is 0 Å². The molecule has 1 saturated carbocycles. The number of fused-ring (bicyclic) bond motifs is 1. The highest BCUT2D eigenvalue weighted by atomic mass is 16.5. The van der Waals surface area contributed by atoms with Crippen LogP contribution < -0.4 is 10.6 Å². The van der Waals surface area contributed by atoms with Gasteiger partial charge in [0.15, 0.2) is 5.96 Å². The van der Waals surface area contributed by atoms with E-state index < -0.39 is 0 Å². The third-order valence-electron chi connectivity index (χ3n) is 4.39. The van der Waals surface area contributed by atoms with Crippen LogP contribution in [0.2, 0.25) is 0 Å². The van der Waals surface area contributed by atoms with E-state index in [2.05, 4.69) is 51.1 Å². The van der Waals surface area contributed by atoms with Gasteiger partial charge >= 0.3 is 0 Å². The molecule has 0 saturated heterocycles. The van der Waals surface area contributed by atoms with E-state index in [0.29, 0.717) is 0 Å². The van der Waals surface area contributed by atoms with Crippen molar-refractivity contribution in [1.82, 2.24) is 15.6 Å². The summed E-state index contributed by atoms with van der Waals surface area (Å²) in [7, 11) is 1.81. The number of rotatable bonds is 9. The van der Waals surface area contributed by atoms with Gasteiger partial charge in [0.2, 0.25) is 0 Å². The highest BCUT2D eigenvalue weighted by Gasteiger charge is 2.20. The van der Waals surface area contributed by atoms with Crippen molar-refractivity contribution in [2.24, 2.45) is 10.9 Å². The van der Waals surface area contributed by atoms with Gasteiger partial charge in [0, 0.05) is 50.5 Å². The van der Waals surface area contributed by atoms with Crippen LogP contribution in [0.5, 0.6) is 0 Å². The molecule has 2 aromatic rings. The van der Waals surface area contributed by atoms with E-state index in [-0.39, 0.29) is 0 Å². The summed E-state index contributed by atoms with van der Waals surface area (Å²) in [5.74, 6) is 1.70. The second-order valence-electron chi connectivity index (χ2n) is 6.41. The minimum atomic E-state index is 0.829. The maximum absolute atomic E-state index is 5.64. The summed E-state index contributed by atoms with van der Waals surface area (Å²) < 4.78 is 5.64. The fourth-order valence-corrected chi connectivity index (χ4v) is 2.79. The number of aliphatic imine (C=N–C) groups is 1. The Morgan fingerprint density at radius 2 is 2.08 bits per heavy atom. The Balaban J connectivity index is 1.32. The largest absolute Gasteiger partial charge is 0.381 e. The maximum atomic E-state index is 5.64. The lowest BCUT2D eigenvalue weighted by atomic mass is 10.1. The Labute approximate surface area is 143 Å². The topological polar surface area (TPSA) is 61.4 Å². The molecule has 1 aromatic heterocycles. The molecular weight excluding hydrogens is 300 g/mol. The molecule has 5 heteroatoms. The van der Waals surface area contributed by atoms with Crippen LogP contribution in [-0.4, -0.2) is 44.3 Å². The van der Waals surface area contributed by atoms with Crippen molar-refractivity contribution in [3.8, 4) is 0 Å². The normalized spacial score (nSPS) is 15.0. The van der Waals surface area contributed by atoms with Gasteiger partial charge < -0.3 is 20.4 Å². The number of aromatic nitrogens is 1. The van der Waals surface area contributed by atoms with E-state index in [1.54, 1.807) is 0 Å². The molecule has 0 spiro atoms. The molecule has 0 amide bonds. The fraction of sp³-hybridized carbons (Fsp3) is 0.526. The number of benzene rings is 1. The van der Waals surface area contributed by atoms with Gasteiger partial charge in [-0.15, -0.1) is 0 Å². The molecule has 0 radical (unpaired) electrons. The van der Waals surface area contributed by atoms with Crippen LogP contribution in [0.3, 0.4) is 0 Å². The number of nitrogens with one attached hydrogen (secondary N) is 3. The molecule has 24 heavy (non-hydrogen) atoms. The second-order valence-corrected chi connectivity index (χ2v) is 6.41. The molecule has 1 aliphatic rings. The van der Waals surface area contributed by atoms with Crippen molar-refractivity contribution in [3.05, 3.63) is 36.0 Å². The van der Waals surface area contributed by atoms with Gasteiger partial charge in [-0.2, -0.15) is 0 Å². The SMILES string of the molecule is CN=C(NCCCOCC1CC1)NCCc1c[nH]c2ccccc12. The summed E-state index contributed by atoms with van der Waals surface area (Å²) in [6.07, 6.45) is 6.78.